The molecule has 3 heterocycles. The van der Waals surface area contributed by atoms with E-state index in [9.17, 15) is 5.11 Å². The normalized spacial score (nSPS) is 21.3. The highest BCUT2D eigenvalue weighted by atomic mass is 16.5. The third kappa shape index (κ3) is 3.91. The van der Waals surface area contributed by atoms with Gasteiger partial charge in [0.15, 0.2) is 11.5 Å². The summed E-state index contributed by atoms with van der Waals surface area (Å²) in [6.45, 7) is 2.06. The molecule has 2 aromatic heterocycles. The van der Waals surface area contributed by atoms with Gasteiger partial charge in [0.05, 0.1) is 19.8 Å². The smallest absolute Gasteiger partial charge is 0.183 e. The highest BCUT2D eigenvalue weighted by Gasteiger charge is 2.35. The molecule has 3 rings (SSSR count). The molecule has 1 fully saturated rings. The van der Waals surface area contributed by atoms with Crippen LogP contribution in [0.1, 0.15) is 24.4 Å². The standard InChI is InChI=1S/C17H25N5O3/c1-21-12-19-20-15(21)9-17(23)6-4-8-22(11-17)10-13-16(25-3)14(24-2)5-7-18-13/h5,7,12,23H,4,6,8-11H2,1-3H3. The molecule has 0 saturated carbocycles. The van der Waals surface area contributed by atoms with Crippen LogP contribution in [0.3, 0.4) is 0 Å². The van der Waals surface area contributed by atoms with Gasteiger partial charge in [-0.25, -0.2) is 0 Å². The van der Waals surface area contributed by atoms with E-state index in [0.717, 1.165) is 30.9 Å². The van der Waals surface area contributed by atoms with Crippen LogP contribution in [0.2, 0.25) is 0 Å². The molecule has 0 radical (unpaired) electrons. The van der Waals surface area contributed by atoms with Gasteiger partial charge >= 0.3 is 0 Å². The second-order valence-corrected chi connectivity index (χ2v) is 6.57. The molecular weight excluding hydrogens is 322 g/mol. The molecule has 1 aliphatic rings. The lowest BCUT2D eigenvalue weighted by molar-refractivity contribution is -0.0349. The lowest BCUT2D eigenvalue weighted by Crippen LogP contribution is -2.49. The Morgan fingerprint density at radius 2 is 2.16 bits per heavy atom. The minimum atomic E-state index is -0.814. The van der Waals surface area contributed by atoms with Gasteiger partial charge in [-0.3, -0.25) is 9.88 Å². The molecule has 0 aliphatic carbocycles. The molecule has 0 aromatic carbocycles. The number of likely N-dealkylation sites (tertiary alicyclic amines) is 1. The summed E-state index contributed by atoms with van der Waals surface area (Å²) in [5.41, 5.74) is -0.00438. The highest BCUT2D eigenvalue weighted by Crippen LogP contribution is 2.31. The summed E-state index contributed by atoms with van der Waals surface area (Å²) in [4.78, 5) is 6.63. The molecule has 2 aromatic rings. The Morgan fingerprint density at radius 3 is 2.84 bits per heavy atom. The average Bonchev–Trinajstić information content (AvgIpc) is 2.99. The molecule has 25 heavy (non-hydrogen) atoms. The van der Waals surface area contributed by atoms with Gasteiger partial charge in [-0.2, -0.15) is 0 Å². The summed E-state index contributed by atoms with van der Waals surface area (Å²) >= 11 is 0. The van der Waals surface area contributed by atoms with E-state index in [1.807, 2.05) is 11.6 Å². The molecule has 0 spiro atoms. The van der Waals surface area contributed by atoms with Crippen LogP contribution in [0.4, 0.5) is 0 Å². The largest absolute Gasteiger partial charge is 0.493 e. The number of hydrogen-bond donors (Lipinski definition) is 1. The van der Waals surface area contributed by atoms with E-state index in [-0.39, 0.29) is 0 Å². The Kier molecular flexibility index (Phi) is 5.19. The van der Waals surface area contributed by atoms with Gasteiger partial charge in [0, 0.05) is 38.8 Å². The van der Waals surface area contributed by atoms with Gasteiger partial charge < -0.3 is 19.1 Å². The van der Waals surface area contributed by atoms with Crippen molar-refractivity contribution in [3.05, 3.63) is 30.1 Å². The summed E-state index contributed by atoms with van der Waals surface area (Å²) in [7, 11) is 5.12. The first-order chi connectivity index (χ1) is 12.0. The van der Waals surface area contributed by atoms with Crippen molar-refractivity contribution in [2.45, 2.75) is 31.4 Å². The van der Waals surface area contributed by atoms with E-state index in [2.05, 4.69) is 20.1 Å². The van der Waals surface area contributed by atoms with Crippen molar-refractivity contribution in [2.75, 3.05) is 27.3 Å². The third-order valence-electron chi connectivity index (χ3n) is 4.67. The maximum absolute atomic E-state index is 11.0. The Morgan fingerprint density at radius 1 is 1.32 bits per heavy atom. The number of piperidine rings is 1. The summed E-state index contributed by atoms with van der Waals surface area (Å²) < 4.78 is 12.7. The van der Waals surface area contributed by atoms with Crippen molar-refractivity contribution in [3.63, 3.8) is 0 Å². The molecule has 1 unspecified atom stereocenters. The van der Waals surface area contributed by atoms with Gasteiger partial charge in [-0.1, -0.05) is 0 Å². The predicted octanol–water partition coefficient (Wildman–Crippen LogP) is 0.797. The van der Waals surface area contributed by atoms with Gasteiger partial charge in [-0.15, -0.1) is 10.2 Å². The second kappa shape index (κ2) is 7.37. The molecule has 0 bridgehead atoms. The van der Waals surface area contributed by atoms with Crippen LogP contribution in [0.5, 0.6) is 11.5 Å². The number of aryl methyl sites for hydroxylation is 1. The zero-order valence-electron chi connectivity index (χ0n) is 15.0. The fourth-order valence-electron chi connectivity index (χ4n) is 3.42. The summed E-state index contributed by atoms with van der Waals surface area (Å²) in [5.74, 6) is 2.10. The number of aromatic nitrogens is 4. The maximum atomic E-state index is 11.0. The molecule has 136 valence electrons. The van der Waals surface area contributed by atoms with Crippen LogP contribution in [0.25, 0.3) is 0 Å². The topological polar surface area (TPSA) is 85.5 Å². The van der Waals surface area contributed by atoms with Crippen molar-refractivity contribution in [1.29, 1.82) is 0 Å². The SMILES string of the molecule is COc1ccnc(CN2CCCC(O)(Cc3nncn3C)C2)c1OC. The highest BCUT2D eigenvalue weighted by molar-refractivity contribution is 5.42. The molecule has 8 heteroatoms. The number of nitrogens with zero attached hydrogens (tertiary/aromatic N) is 5. The molecule has 8 nitrogen and oxygen atoms in total. The zero-order valence-corrected chi connectivity index (χ0v) is 15.0. The third-order valence-corrected chi connectivity index (χ3v) is 4.67. The summed E-state index contributed by atoms with van der Waals surface area (Å²) in [6, 6.07) is 1.78. The Bertz CT molecular complexity index is 720. The number of β-amino-alcohol motifs (C(OH)–C–C–N with tert-alkyl or cyclic N) is 1. The van der Waals surface area contributed by atoms with E-state index in [1.165, 1.54) is 0 Å². The van der Waals surface area contributed by atoms with Gasteiger partial charge in [0.1, 0.15) is 17.8 Å². The Labute approximate surface area is 147 Å². The van der Waals surface area contributed by atoms with Crippen molar-refractivity contribution in [1.82, 2.24) is 24.6 Å². The molecule has 1 aliphatic heterocycles. The fraction of sp³-hybridized carbons (Fsp3) is 0.588. The lowest BCUT2D eigenvalue weighted by atomic mass is 9.89. The number of pyridine rings is 1. The molecule has 1 N–H and O–H groups in total. The zero-order chi connectivity index (χ0) is 17.9. The van der Waals surface area contributed by atoms with Crippen LogP contribution >= 0.6 is 0 Å². The summed E-state index contributed by atoms with van der Waals surface area (Å²) in [6.07, 6.45) is 5.53. The Hall–Kier alpha value is -2.19. The number of rotatable bonds is 6. The maximum Gasteiger partial charge on any atom is 0.183 e. The van der Waals surface area contributed by atoms with E-state index in [0.29, 0.717) is 31.0 Å². The minimum Gasteiger partial charge on any atom is -0.493 e. The van der Waals surface area contributed by atoms with Crippen molar-refractivity contribution in [3.8, 4) is 11.5 Å². The number of aliphatic hydroxyl groups is 1. The average molecular weight is 347 g/mol. The van der Waals surface area contributed by atoms with Crippen molar-refractivity contribution in [2.24, 2.45) is 7.05 Å². The van der Waals surface area contributed by atoms with E-state index >= 15 is 0 Å². The first-order valence-corrected chi connectivity index (χ1v) is 8.38. The van der Waals surface area contributed by atoms with Crippen molar-refractivity contribution < 1.29 is 14.6 Å². The van der Waals surface area contributed by atoms with E-state index < -0.39 is 5.60 Å². The molecule has 1 saturated heterocycles. The van der Waals surface area contributed by atoms with Gasteiger partial charge in [-0.05, 0) is 19.4 Å². The number of ether oxygens (including phenoxy) is 2. The van der Waals surface area contributed by atoms with E-state index in [4.69, 9.17) is 9.47 Å². The first kappa shape index (κ1) is 17.6. The van der Waals surface area contributed by atoms with Crippen LogP contribution in [-0.4, -0.2) is 62.7 Å². The lowest BCUT2D eigenvalue weighted by Gasteiger charge is -2.39. The number of hydrogen-bond acceptors (Lipinski definition) is 7. The molecule has 1 atom stereocenters. The minimum absolute atomic E-state index is 0.489. The van der Waals surface area contributed by atoms with Crippen LogP contribution in [0.15, 0.2) is 18.6 Å². The first-order valence-electron chi connectivity index (χ1n) is 8.38. The van der Waals surface area contributed by atoms with Gasteiger partial charge in [0.2, 0.25) is 0 Å². The molecule has 0 amide bonds. The second-order valence-electron chi connectivity index (χ2n) is 6.57. The fourth-order valence-corrected chi connectivity index (χ4v) is 3.42. The molecular formula is C17H25N5O3. The van der Waals surface area contributed by atoms with Gasteiger partial charge in [0.25, 0.3) is 0 Å². The predicted molar refractivity (Wildman–Crippen MR) is 91.5 cm³/mol. The monoisotopic (exact) mass is 347 g/mol. The van der Waals surface area contributed by atoms with Crippen LogP contribution < -0.4 is 9.47 Å². The number of methoxy groups -OCH3 is 2. The van der Waals surface area contributed by atoms with Crippen molar-refractivity contribution >= 4 is 0 Å². The van der Waals surface area contributed by atoms with Crippen LogP contribution in [-0.2, 0) is 20.0 Å². The van der Waals surface area contributed by atoms with Crippen LogP contribution in [0, 0.1) is 0 Å². The summed E-state index contributed by atoms with van der Waals surface area (Å²) in [5, 5.41) is 19.0. The quantitative estimate of drug-likeness (QED) is 0.827. The van der Waals surface area contributed by atoms with E-state index in [1.54, 1.807) is 32.8 Å². The Balaban J connectivity index is 1.73.